The van der Waals surface area contributed by atoms with Crippen LogP contribution in [-0.4, -0.2) is 23.2 Å². The van der Waals surface area contributed by atoms with E-state index >= 15 is 0 Å². The number of pyridine rings is 1. The molecule has 0 saturated heterocycles. The summed E-state index contributed by atoms with van der Waals surface area (Å²) in [6, 6.07) is 4.44. The third kappa shape index (κ3) is 2.82. The fraction of sp³-hybridized carbons (Fsp3) is 0.0769. The minimum Gasteiger partial charge on any atom is -0.480 e. The summed E-state index contributed by atoms with van der Waals surface area (Å²) in [5.41, 5.74) is 0.859. The van der Waals surface area contributed by atoms with Gasteiger partial charge < -0.3 is 9.84 Å². The van der Waals surface area contributed by atoms with Crippen LogP contribution in [0, 0.1) is 0 Å². The van der Waals surface area contributed by atoms with Crippen molar-refractivity contribution in [3.05, 3.63) is 45.0 Å². The minimum atomic E-state index is -1.16. The van der Waals surface area contributed by atoms with E-state index in [4.69, 9.17) is 44.6 Å². The molecule has 1 aromatic heterocycles. The maximum absolute atomic E-state index is 11.2. The molecule has 0 atom stereocenters. The molecule has 0 unspecified atom stereocenters. The van der Waals surface area contributed by atoms with Crippen LogP contribution in [0.15, 0.2) is 24.4 Å². The second-order valence-electron chi connectivity index (χ2n) is 3.83. The van der Waals surface area contributed by atoms with Crippen LogP contribution in [0.5, 0.6) is 5.88 Å². The van der Waals surface area contributed by atoms with Gasteiger partial charge in [-0.1, -0.05) is 34.8 Å². The number of carboxylic acid groups (broad SMARTS) is 1. The molecular formula is C13H8Cl3NO3. The first-order chi connectivity index (χ1) is 9.43. The minimum absolute atomic E-state index is 0.0162. The third-order valence-corrected chi connectivity index (χ3v) is 3.38. The van der Waals surface area contributed by atoms with Crippen LogP contribution in [0.1, 0.15) is 10.4 Å². The summed E-state index contributed by atoms with van der Waals surface area (Å²) in [6.07, 6.45) is 1.44. The van der Waals surface area contributed by atoms with Gasteiger partial charge in [-0.15, -0.1) is 0 Å². The fourth-order valence-corrected chi connectivity index (χ4v) is 2.76. The molecule has 1 aromatic carbocycles. The lowest BCUT2D eigenvalue weighted by atomic mass is 10.1. The van der Waals surface area contributed by atoms with Gasteiger partial charge in [-0.05, 0) is 18.2 Å². The Morgan fingerprint density at radius 3 is 2.30 bits per heavy atom. The smallest absolute Gasteiger partial charge is 0.341 e. The quantitative estimate of drug-likeness (QED) is 0.904. The van der Waals surface area contributed by atoms with E-state index in [2.05, 4.69) is 4.98 Å². The van der Waals surface area contributed by atoms with Crippen molar-refractivity contribution in [1.82, 2.24) is 4.98 Å². The second-order valence-corrected chi connectivity index (χ2v) is 5.08. The molecule has 7 heteroatoms. The van der Waals surface area contributed by atoms with Gasteiger partial charge in [-0.2, -0.15) is 0 Å². The molecular weight excluding hydrogens is 325 g/mol. The van der Waals surface area contributed by atoms with Crippen LogP contribution < -0.4 is 4.74 Å². The maximum atomic E-state index is 11.2. The number of carbonyl (C=O) groups is 1. The van der Waals surface area contributed by atoms with Crippen molar-refractivity contribution in [2.45, 2.75) is 0 Å². The predicted octanol–water partition coefficient (Wildman–Crippen LogP) is 4.42. The molecule has 0 bridgehead atoms. The summed E-state index contributed by atoms with van der Waals surface area (Å²) in [7, 11) is 1.34. The zero-order chi connectivity index (χ0) is 14.9. The molecule has 0 radical (unpaired) electrons. The lowest BCUT2D eigenvalue weighted by Crippen LogP contribution is -2.03. The van der Waals surface area contributed by atoms with Crippen molar-refractivity contribution in [1.29, 1.82) is 0 Å². The van der Waals surface area contributed by atoms with Crippen molar-refractivity contribution in [2.24, 2.45) is 0 Å². The highest BCUT2D eigenvalue weighted by atomic mass is 35.5. The topological polar surface area (TPSA) is 59.4 Å². The van der Waals surface area contributed by atoms with E-state index < -0.39 is 5.97 Å². The predicted molar refractivity (Wildman–Crippen MR) is 78.2 cm³/mol. The number of hydrogen-bond acceptors (Lipinski definition) is 3. The number of halogens is 3. The van der Waals surface area contributed by atoms with E-state index in [1.165, 1.54) is 31.5 Å². The van der Waals surface area contributed by atoms with Gasteiger partial charge >= 0.3 is 5.97 Å². The molecule has 0 aliphatic carbocycles. The number of rotatable bonds is 3. The van der Waals surface area contributed by atoms with Gasteiger partial charge in [0.05, 0.1) is 17.2 Å². The fourth-order valence-electron chi connectivity index (χ4n) is 1.72. The number of nitrogens with zero attached hydrogens (tertiary/aromatic N) is 1. The van der Waals surface area contributed by atoms with E-state index in [0.717, 1.165) is 0 Å². The molecule has 0 saturated carbocycles. The van der Waals surface area contributed by atoms with Crippen molar-refractivity contribution in [3.8, 4) is 17.0 Å². The molecule has 1 heterocycles. The normalized spacial score (nSPS) is 10.4. The van der Waals surface area contributed by atoms with Gasteiger partial charge in [-0.25, -0.2) is 9.78 Å². The van der Waals surface area contributed by atoms with Crippen LogP contribution in [0.2, 0.25) is 15.1 Å². The number of carboxylic acids is 1. The Labute approximate surface area is 129 Å². The number of aromatic nitrogens is 1. The summed E-state index contributed by atoms with van der Waals surface area (Å²) >= 11 is 18.0. The molecule has 0 aliphatic heterocycles. The van der Waals surface area contributed by atoms with E-state index in [9.17, 15) is 4.79 Å². The van der Waals surface area contributed by atoms with E-state index in [0.29, 0.717) is 26.2 Å². The van der Waals surface area contributed by atoms with E-state index in [1.54, 1.807) is 0 Å². The van der Waals surface area contributed by atoms with Crippen LogP contribution >= 0.6 is 34.8 Å². The zero-order valence-electron chi connectivity index (χ0n) is 10.2. The number of methoxy groups -OCH3 is 1. The Kier molecular flexibility index (Phi) is 4.38. The number of aromatic carboxylic acids is 1. The van der Waals surface area contributed by atoms with Gasteiger partial charge in [0.1, 0.15) is 5.56 Å². The lowest BCUT2D eigenvalue weighted by Gasteiger charge is -2.10. The average Bonchev–Trinajstić information content (AvgIpc) is 2.37. The van der Waals surface area contributed by atoms with Crippen LogP contribution in [0.4, 0.5) is 0 Å². The van der Waals surface area contributed by atoms with Gasteiger partial charge in [0.15, 0.2) is 0 Å². The molecule has 0 amide bonds. The highest BCUT2D eigenvalue weighted by molar-refractivity contribution is 6.41. The molecule has 2 aromatic rings. The Morgan fingerprint density at radius 2 is 1.80 bits per heavy atom. The Hall–Kier alpha value is -1.49. The highest BCUT2D eigenvalue weighted by Crippen LogP contribution is 2.38. The monoisotopic (exact) mass is 331 g/mol. The van der Waals surface area contributed by atoms with Crippen LogP contribution in [-0.2, 0) is 0 Å². The zero-order valence-corrected chi connectivity index (χ0v) is 12.4. The van der Waals surface area contributed by atoms with Gasteiger partial charge in [0.25, 0.3) is 0 Å². The Bertz CT molecular complexity index is 666. The van der Waals surface area contributed by atoms with Crippen molar-refractivity contribution in [2.75, 3.05) is 7.11 Å². The molecule has 0 spiro atoms. The Balaban J connectivity index is 2.65. The van der Waals surface area contributed by atoms with Gasteiger partial charge in [0.2, 0.25) is 5.88 Å². The number of hydrogen-bond donors (Lipinski definition) is 1. The first-order valence-electron chi connectivity index (χ1n) is 5.36. The molecule has 1 N–H and O–H groups in total. The lowest BCUT2D eigenvalue weighted by molar-refractivity contribution is 0.0692. The van der Waals surface area contributed by atoms with Gasteiger partial charge in [-0.3, -0.25) is 0 Å². The summed E-state index contributed by atoms with van der Waals surface area (Å²) in [6.45, 7) is 0. The maximum Gasteiger partial charge on any atom is 0.341 e. The third-order valence-electron chi connectivity index (χ3n) is 2.57. The first-order valence-corrected chi connectivity index (χ1v) is 6.49. The molecule has 0 fully saturated rings. The highest BCUT2D eigenvalue weighted by Gasteiger charge is 2.17. The van der Waals surface area contributed by atoms with Crippen molar-refractivity contribution in [3.63, 3.8) is 0 Å². The van der Waals surface area contributed by atoms with E-state index in [-0.39, 0.29) is 11.4 Å². The van der Waals surface area contributed by atoms with Crippen molar-refractivity contribution >= 4 is 40.8 Å². The standard InChI is InChI=1S/C13H8Cl3NO3/c1-20-12-8(13(18)19)2-6(5-17-12)11-9(15)3-7(14)4-10(11)16/h2-5H,1H3,(H,18,19). The van der Waals surface area contributed by atoms with Crippen molar-refractivity contribution < 1.29 is 14.6 Å². The van der Waals surface area contributed by atoms with Crippen LogP contribution in [0.25, 0.3) is 11.1 Å². The molecule has 20 heavy (non-hydrogen) atoms. The molecule has 0 aliphatic rings. The molecule has 4 nitrogen and oxygen atoms in total. The first kappa shape index (κ1) is 14.9. The second kappa shape index (κ2) is 5.87. The molecule has 104 valence electrons. The van der Waals surface area contributed by atoms with Crippen LogP contribution in [0.3, 0.4) is 0 Å². The largest absolute Gasteiger partial charge is 0.480 e. The average molecular weight is 333 g/mol. The summed E-state index contributed by atoms with van der Waals surface area (Å²) in [4.78, 5) is 15.1. The SMILES string of the molecule is COc1ncc(-c2c(Cl)cc(Cl)cc2Cl)cc1C(=O)O. The number of benzene rings is 1. The summed E-state index contributed by atoms with van der Waals surface area (Å²) in [5.74, 6) is -1.14. The van der Waals surface area contributed by atoms with E-state index in [1.807, 2.05) is 0 Å². The number of ether oxygens (including phenoxy) is 1. The molecule has 2 rings (SSSR count). The summed E-state index contributed by atoms with van der Waals surface area (Å²) < 4.78 is 4.90. The van der Waals surface area contributed by atoms with Gasteiger partial charge in [0, 0.05) is 22.3 Å². The Morgan fingerprint density at radius 1 is 1.20 bits per heavy atom. The summed E-state index contributed by atoms with van der Waals surface area (Å²) in [5, 5.41) is 10.2.